The maximum atomic E-state index is 5.51. The van der Waals surface area contributed by atoms with Crippen LogP contribution in [0.5, 0.6) is 5.75 Å². The Labute approximate surface area is 123 Å². The average molecular weight is 274 g/mol. The molecule has 1 aliphatic carbocycles. The second-order valence-corrected chi connectivity index (χ2v) is 6.11. The van der Waals surface area contributed by atoms with Gasteiger partial charge in [-0.2, -0.15) is 0 Å². The summed E-state index contributed by atoms with van der Waals surface area (Å²) in [7, 11) is 0. The summed E-state index contributed by atoms with van der Waals surface area (Å²) in [4.78, 5) is 0. The molecular weight excluding hydrogens is 246 g/mol. The van der Waals surface area contributed by atoms with E-state index in [0.29, 0.717) is 6.61 Å². The molecule has 2 heteroatoms. The van der Waals surface area contributed by atoms with Crippen LogP contribution in [-0.4, -0.2) is 12.6 Å². The number of rotatable bonds is 6. The Balaban J connectivity index is 1.82. The highest BCUT2D eigenvalue weighted by Crippen LogP contribution is 2.27. The minimum absolute atomic E-state index is 0.572. The van der Waals surface area contributed by atoms with Gasteiger partial charge in [-0.25, -0.2) is 0 Å². The summed E-state index contributed by atoms with van der Waals surface area (Å²) in [6, 6.07) is 9.24. The van der Waals surface area contributed by atoms with E-state index in [1.165, 1.54) is 24.8 Å². The third kappa shape index (κ3) is 4.11. The van der Waals surface area contributed by atoms with Crippen molar-refractivity contribution in [2.24, 2.45) is 11.8 Å². The van der Waals surface area contributed by atoms with E-state index < -0.39 is 0 Å². The lowest BCUT2D eigenvalue weighted by Gasteiger charge is -2.32. The van der Waals surface area contributed by atoms with E-state index in [0.717, 1.165) is 30.2 Å². The van der Waals surface area contributed by atoms with Gasteiger partial charge in [0.05, 0.1) is 6.04 Å². The quantitative estimate of drug-likeness (QED) is 0.792. The molecule has 1 aliphatic rings. The minimum Gasteiger partial charge on any atom is -0.490 e. The summed E-state index contributed by atoms with van der Waals surface area (Å²) >= 11 is 0. The van der Waals surface area contributed by atoms with Gasteiger partial charge in [0.2, 0.25) is 0 Å². The fraction of sp³-hybridized carbons (Fsp3) is 0.556. The maximum absolute atomic E-state index is 5.51. The number of hydrogen-bond acceptors (Lipinski definition) is 1. The van der Waals surface area contributed by atoms with E-state index in [1.807, 2.05) is 0 Å². The molecule has 0 heterocycles. The van der Waals surface area contributed by atoms with E-state index in [9.17, 15) is 0 Å². The first kappa shape index (κ1) is 15.1. The van der Waals surface area contributed by atoms with Gasteiger partial charge in [-0.3, -0.25) is 0 Å². The molecule has 0 bridgehead atoms. The van der Waals surface area contributed by atoms with Crippen LogP contribution < -0.4 is 10.1 Å². The van der Waals surface area contributed by atoms with Crippen molar-refractivity contribution in [1.29, 1.82) is 0 Å². The molecule has 0 aliphatic heterocycles. The van der Waals surface area contributed by atoms with Crippen LogP contribution in [0, 0.1) is 11.8 Å². The van der Waals surface area contributed by atoms with Crippen LogP contribution >= 0.6 is 0 Å². The predicted molar refractivity (Wildman–Crippen MR) is 83.7 cm³/mol. The topological polar surface area (TPSA) is 25.8 Å². The van der Waals surface area contributed by atoms with Gasteiger partial charge >= 0.3 is 0 Å². The highest BCUT2D eigenvalue weighted by molar-refractivity contribution is 5.26. The van der Waals surface area contributed by atoms with Crippen molar-refractivity contribution in [3.8, 4) is 5.75 Å². The lowest BCUT2D eigenvalue weighted by molar-refractivity contribution is -0.713. The summed E-state index contributed by atoms with van der Waals surface area (Å²) < 4.78 is 5.51. The maximum Gasteiger partial charge on any atom is 0.119 e. The van der Waals surface area contributed by atoms with Crippen molar-refractivity contribution in [1.82, 2.24) is 0 Å². The minimum atomic E-state index is 0.572. The Bertz CT molecular complexity index is 412. The van der Waals surface area contributed by atoms with E-state index in [2.05, 4.69) is 50.0 Å². The van der Waals surface area contributed by atoms with Gasteiger partial charge in [-0.05, 0) is 49.4 Å². The number of ether oxygens (including phenoxy) is 1. The lowest BCUT2D eigenvalue weighted by atomic mass is 9.78. The summed E-state index contributed by atoms with van der Waals surface area (Å²) in [6.45, 7) is 10.1. The Morgan fingerprint density at radius 2 is 2.00 bits per heavy atom. The molecule has 1 saturated carbocycles. The van der Waals surface area contributed by atoms with Crippen molar-refractivity contribution in [2.75, 3.05) is 6.61 Å². The standard InChI is InChI=1S/C18H27NO/c1-4-12-20-17-10-8-16(9-11-17)13-19-18-7-5-6-14(2)15(18)3/h4,8-11,14-15,18-19H,1,5-7,12-13H2,2-3H3/p+1/t14-,15-,18+/m1/s1. The SMILES string of the molecule is C=CCOc1ccc(C[NH2+][C@H]2CCC[C@@H](C)[C@H]2C)cc1. The van der Waals surface area contributed by atoms with Crippen molar-refractivity contribution in [2.45, 2.75) is 45.7 Å². The van der Waals surface area contributed by atoms with Gasteiger partial charge in [0.25, 0.3) is 0 Å². The first-order valence-electron chi connectivity index (χ1n) is 7.86. The largest absolute Gasteiger partial charge is 0.490 e. The van der Waals surface area contributed by atoms with Crippen molar-refractivity contribution in [3.63, 3.8) is 0 Å². The van der Waals surface area contributed by atoms with Crippen LogP contribution in [0.15, 0.2) is 36.9 Å². The van der Waals surface area contributed by atoms with Crippen molar-refractivity contribution in [3.05, 3.63) is 42.5 Å². The van der Waals surface area contributed by atoms with Gasteiger partial charge in [0.15, 0.2) is 0 Å². The Morgan fingerprint density at radius 3 is 2.70 bits per heavy atom. The van der Waals surface area contributed by atoms with Crippen LogP contribution in [0.3, 0.4) is 0 Å². The summed E-state index contributed by atoms with van der Waals surface area (Å²) in [5, 5.41) is 2.53. The number of nitrogens with two attached hydrogens (primary N) is 1. The second kappa shape index (κ2) is 7.49. The van der Waals surface area contributed by atoms with E-state index in [1.54, 1.807) is 6.08 Å². The summed E-state index contributed by atoms with van der Waals surface area (Å²) in [5.74, 6) is 2.63. The van der Waals surface area contributed by atoms with Gasteiger partial charge < -0.3 is 10.1 Å². The molecule has 110 valence electrons. The molecule has 3 atom stereocenters. The normalized spacial score (nSPS) is 26.2. The van der Waals surface area contributed by atoms with Gasteiger partial charge in [-0.1, -0.05) is 26.5 Å². The molecule has 0 unspecified atom stereocenters. The van der Waals surface area contributed by atoms with Crippen molar-refractivity contribution < 1.29 is 10.1 Å². The number of quaternary nitrogens is 1. The molecular formula is C18H28NO+. The van der Waals surface area contributed by atoms with Gasteiger partial charge in [0, 0.05) is 11.5 Å². The Hall–Kier alpha value is -1.28. The molecule has 1 fully saturated rings. The molecule has 1 aromatic carbocycles. The fourth-order valence-electron chi connectivity index (χ4n) is 3.12. The molecule has 1 aromatic rings. The molecule has 2 rings (SSSR count). The van der Waals surface area contributed by atoms with Crippen LogP contribution in [-0.2, 0) is 6.54 Å². The molecule has 2 nitrogen and oxygen atoms in total. The molecule has 0 spiro atoms. The van der Waals surface area contributed by atoms with Gasteiger partial charge in [-0.15, -0.1) is 0 Å². The summed E-state index contributed by atoms with van der Waals surface area (Å²) in [5.41, 5.74) is 1.38. The lowest BCUT2D eigenvalue weighted by Crippen LogP contribution is -2.90. The van der Waals surface area contributed by atoms with Crippen LogP contribution in [0.2, 0.25) is 0 Å². The zero-order valence-electron chi connectivity index (χ0n) is 12.8. The highest BCUT2D eigenvalue weighted by Gasteiger charge is 2.29. The molecule has 0 aromatic heterocycles. The third-order valence-electron chi connectivity index (χ3n) is 4.72. The predicted octanol–water partition coefficient (Wildman–Crippen LogP) is 3.14. The molecule has 0 amide bonds. The van der Waals surface area contributed by atoms with Gasteiger partial charge in [0.1, 0.15) is 18.9 Å². The van der Waals surface area contributed by atoms with E-state index >= 15 is 0 Å². The van der Waals surface area contributed by atoms with Crippen molar-refractivity contribution >= 4 is 0 Å². The smallest absolute Gasteiger partial charge is 0.119 e. The van der Waals surface area contributed by atoms with Crippen LogP contribution in [0.4, 0.5) is 0 Å². The fourth-order valence-corrected chi connectivity index (χ4v) is 3.12. The van der Waals surface area contributed by atoms with E-state index in [-0.39, 0.29) is 0 Å². The zero-order chi connectivity index (χ0) is 14.4. The number of benzene rings is 1. The first-order valence-corrected chi connectivity index (χ1v) is 7.86. The summed E-state index contributed by atoms with van der Waals surface area (Å²) in [6.07, 6.45) is 5.93. The number of hydrogen-bond donors (Lipinski definition) is 1. The molecule has 20 heavy (non-hydrogen) atoms. The monoisotopic (exact) mass is 274 g/mol. The molecule has 0 saturated heterocycles. The van der Waals surface area contributed by atoms with Crippen LogP contribution in [0.1, 0.15) is 38.7 Å². The van der Waals surface area contributed by atoms with Crippen LogP contribution in [0.25, 0.3) is 0 Å². The highest BCUT2D eigenvalue weighted by atomic mass is 16.5. The van der Waals surface area contributed by atoms with E-state index in [4.69, 9.17) is 4.74 Å². The molecule has 2 N–H and O–H groups in total. The zero-order valence-corrected chi connectivity index (χ0v) is 12.8. The Kier molecular flexibility index (Phi) is 5.66. The average Bonchev–Trinajstić information content (AvgIpc) is 2.48. The third-order valence-corrected chi connectivity index (χ3v) is 4.72. The Morgan fingerprint density at radius 1 is 1.25 bits per heavy atom. The molecule has 0 radical (unpaired) electrons. The first-order chi connectivity index (χ1) is 9.70. The second-order valence-electron chi connectivity index (χ2n) is 6.11.